The minimum absolute atomic E-state index is 0.0729. The molecule has 0 saturated heterocycles. The van der Waals surface area contributed by atoms with E-state index in [0.717, 1.165) is 17.7 Å². The van der Waals surface area contributed by atoms with Gasteiger partial charge in [-0.2, -0.15) is 0 Å². The minimum atomic E-state index is -0.0729. The van der Waals surface area contributed by atoms with E-state index in [1.807, 2.05) is 47.9 Å². The molecule has 0 spiro atoms. The van der Waals surface area contributed by atoms with Gasteiger partial charge in [0, 0.05) is 17.8 Å². The van der Waals surface area contributed by atoms with Gasteiger partial charge < -0.3 is 9.88 Å². The molecular formula is C22H25ClN4OS. The van der Waals surface area contributed by atoms with Crippen molar-refractivity contribution in [1.82, 2.24) is 14.8 Å². The third-order valence-corrected chi connectivity index (χ3v) is 6.15. The monoisotopic (exact) mass is 428 g/mol. The Morgan fingerprint density at radius 3 is 2.52 bits per heavy atom. The average Bonchev–Trinajstić information content (AvgIpc) is 3.15. The molecule has 0 saturated carbocycles. The highest BCUT2D eigenvalue weighted by atomic mass is 35.5. The standard InChI is InChI=1S/C22H25ClN4OS/c1-4-15(3)16-10-12-17(13-11-16)24-20(28)14-29-22-26-25-21(27(22)5-2)18-8-6-7-9-19(18)23/h6-13,15H,4-5,14H2,1-3H3,(H,24,28)/t15-/m1/s1. The summed E-state index contributed by atoms with van der Waals surface area (Å²) in [5, 5.41) is 12.8. The Bertz CT molecular complexity index is 971. The van der Waals surface area contributed by atoms with Gasteiger partial charge in [0.05, 0.1) is 10.8 Å². The lowest BCUT2D eigenvalue weighted by atomic mass is 9.99. The summed E-state index contributed by atoms with van der Waals surface area (Å²) < 4.78 is 1.97. The fourth-order valence-corrected chi connectivity index (χ4v) is 4.00. The summed E-state index contributed by atoms with van der Waals surface area (Å²) in [4.78, 5) is 12.4. The Labute approximate surface area is 180 Å². The first-order valence-electron chi connectivity index (χ1n) is 9.74. The van der Waals surface area contributed by atoms with E-state index in [9.17, 15) is 4.79 Å². The number of thioether (sulfide) groups is 1. The first-order valence-corrected chi connectivity index (χ1v) is 11.1. The highest BCUT2D eigenvalue weighted by Gasteiger charge is 2.16. The Morgan fingerprint density at radius 2 is 1.86 bits per heavy atom. The number of amides is 1. The number of aromatic nitrogens is 3. The molecule has 0 aliphatic heterocycles. The van der Waals surface area contributed by atoms with Gasteiger partial charge in [0.15, 0.2) is 11.0 Å². The van der Waals surface area contributed by atoms with Crippen LogP contribution in [-0.2, 0) is 11.3 Å². The van der Waals surface area contributed by atoms with Crippen molar-refractivity contribution in [2.75, 3.05) is 11.1 Å². The molecule has 1 heterocycles. The highest BCUT2D eigenvalue weighted by Crippen LogP contribution is 2.29. The normalized spacial score (nSPS) is 12.0. The number of benzene rings is 2. The van der Waals surface area contributed by atoms with E-state index >= 15 is 0 Å². The van der Waals surface area contributed by atoms with Gasteiger partial charge in [-0.05, 0) is 49.1 Å². The summed E-state index contributed by atoms with van der Waals surface area (Å²) in [6, 6.07) is 15.6. The van der Waals surface area contributed by atoms with E-state index in [0.29, 0.717) is 28.5 Å². The van der Waals surface area contributed by atoms with Crippen LogP contribution in [0, 0.1) is 0 Å². The van der Waals surface area contributed by atoms with Gasteiger partial charge in [-0.1, -0.05) is 61.5 Å². The Morgan fingerprint density at radius 1 is 1.14 bits per heavy atom. The quantitative estimate of drug-likeness (QED) is 0.456. The van der Waals surface area contributed by atoms with Crippen LogP contribution >= 0.6 is 23.4 Å². The van der Waals surface area contributed by atoms with Crippen molar-refractivity contribution < 1.29 is 4.79 Å². The molecule has 5 nitrogen and oxygen atoms in total. The predicted octanol–water partition coefficient (Wildman–Crippen LogP) is 5.86. The van der Waals surface area contributed by atoms with Crippen molar-refractivity contribution in [3.05, 3.63) is 59.1 Å². The average molecular weight is 429 g/mol. The molecule has 0 bridgehead atoms. The van der Waals surface area contributed by atoms with E-state index in [1.54, 1.807) is 0 Å². The van der Waals surface area contributed by atoms with E-state index in [4.69, 9.17) is 11.6 Å². The van der Waals surface area contributed by atoms with Gasteiger partial charge in [0.25, 0.3) is 0 Å². The summed E-state index contributed by atoms with van der Waals surface area (Å²) in [5.41, 5.74) is 2.92. The molecule has 0 aliphatic carbocycles. The Kier molecular flexibility index (Phi) is 7.34. The third kappa shape index (κ3) is 5.19. The summed E-state index contributed by atoms with van der Waals surface area (Å²) in [5.74, 6) is 1.41. The maximum atomic E-state index is 12.4. The minimum Gasteiger partial charge on any atom is -0.325 e. The molecule has 1 amide bonds. The second-order valence-electron chi connectivity index (χ2n) is 6.80. The predicted molar refractivity (Wildman–Crippen MR) is 121 cm³/mol. The number of halogens is 1. The first-order chi connectivity index (χ1) is 14.0. The van der Waals surface area contributed by atoms with Crippen molar-refractivity contribution in [2.45, 2.75) is 44.8 Å². The second-order valence-corrected chi connectivity index (χ2v) is 8.15. The molecule has 0 aliphatic rings. The summed E-state index contributed by atoms with van der Waals surface area (Å²) >= 11 is 7.67. The fourth-order valence-electron chi connectivity index (χ4n) is 2.98. The summed E-state index contributed by atoms with van der Waals surface area (Å²) in [6.07, 6.45) is 1.09. The zero-order valence-corrected chi connectivity index (χ0v) is 18.4. The SMILES string of the molecule is CC[C@@H](C)c1ccc(NC(=O)CSc2nnc(-c3ccccc3Cl)n2CC)cc1. The lowest BCUT2D eigenvalue weighted by Crippen LogP contribution is -2.14. The molecule has 3 rings (SSSR count). The maximum absolute atomic E-state index is 12.4. The number of carbonyl (C=O) groups excluding carboxylic acids is 1. The van der Waals surface area contributed by atoms with Crippen LogP contribution in [0.25, 0.3) is 11.4 Å². The second kappa shape index (κ2) is 9.94. The van der Waals surface area contributed by atoms with Crippen LogP contribution in [0.5, 0.6) is 0 Å². The Balaban J connectivity index is 1.64. The van der Waals surface area contributed by atoms with Crippen LogP contribution in [0.15, 0.2) is 53.7 Å². The topological polar surface area (TPSA) is 59.8 Å². The van der Waals surface area contributed by atoms with Gasteiger partial charge in [0.2, 0.25) is 5.91 Å². The molecule has 2 aromatic carbocycles. The lowest BCUT2D eigenvalue weighted by molar-refractivity contribution is -0.113. The Hall–Kier alpha value is -2.31. The molecular weight excluding hydrogens is 404 g/mol. The molecule has 1 N–H and O–H groups in total. The lowest BCUT2D eigenvalue weighted by Gasteiger charge is -2.11. The van der Waals surface area contributed by atoms with Crippen LogP contribution in [-0.4, -0.2) is 26.4 Å². The molecule has 1 atom stereocenters. The van der Waals surface area contributed by atoms with Crippen molar-refractivity contribution in [2.24, 2.45) is 0 Å². The van der Waals surface area contributed by atoms with Crippen LogP contribution in [0.4, 0.5) is 5.69 Å². The van der Waals surface area contributed by atoms with Crippen molar-refractivity contribution in [1.29, 1.82) is 0 Å². The van der Waals surface area contributed by atoms with E-state index < -0.39 is 0 Å². The van der Waals surface area contributed by atoms with Crippen molar-refractivity contribution >= 4 is 35.0 Å². The number of carbonyl (C=O) groups is 1. The van der Waals surface area contributed by atoms with Crippen molar-refractivity contribution in [3.63, 3.8) is 0 Å². The maximum Gasteiger partial charge on any atom is 0.234 e. The van der Waals surface area contributed by atoms with Crippen LogP contribution in [0.3, 0.4) is 0 Å². The van der Waals surface area contributed by atoms with Gasteiger partial charge in [-0.15, -0.1) is 10.2 Å². The van der Waals surface area contributed by atoms with Gasteiger partial charge in [-0.25, -0.2) is 0 Å². The van der Waals surface area contributed by atoms with E-state index in [2.05, 4.69) is 41.5 Å². The molecule has 0 fully saturated rings. The fraction of sp³-hybridized carbons (Fsp3) is 0.318. The van der Waals surface area contributed by atoms with E-state index in [-0.39, 0.29) is 11.7 Å². The highest BCUT2D eigenvalue weighted by molar-refractivity contribution is 7.99. The molecule has 3 aromatic rings. The molecule has 0 unspecified atom stereocenters. The smallest absolute Gasteiger partial charge is 0.234 e. The number of anilines is 1. The van der Waals surface area contributed by atoms with Gasteiger partial charge in [-0.3, -0.25) is 4.79 Å². The van der Waals surface area contributed by atoms with E-state index in [1.165, 1.54) is 17.3 Å². The molecule has 1 aromatic heterocycles. The number of nitrogens with one attached hydrogen (secondary N) is 1. The molecule has 7 heteroatoms. The third-order valence-electron chi connectivity index (χ3n) is 4.86. The zero-order chi connectivity index (χ0) is 20.8. The molecule has 29 heavy (non-hydrogen) atoms. The van der Waals surface area contributed by atoms with Crippen LogP contribution in [0.1, 0.15) is 38.7 Å². The number of hydrogen-bond acceptors (Lipinski definition) is 4. The molecule has 0 radical (unpaired) electrons. The summed E-state index contributed by atoms with van der Waals surface area (Å²) in [7, 11) is 0. The number of rotatable bonds is 8. The summed E-state index contributed by atoms with van der Waals surface area (Å²) in [6.45, 7) is 7.08. The number of hydrogen-bond donors (Lipinski definition) is 1. The van der Waals surface area contributed by atoms with Crippen molar-refractivity contribution in [3.8, 4) is 11.4 Å². The molecule has 152 valence electrons. The zero-order valence-electron chi connectivity index (χ0n) is 16.9. The van der Waals surface area contributed by atoms with Gasteiger partial charge >= 0.3 is 0 Å². The largest absolute Gasteiger partial charge is 0.325 e. The van der Waals surface area contributed by atoms with Gasteiger partial charge in [0.1, 0.15) is 0 Å². The number of nitrogens with zero attached hydrogens (tertiary/aromatic N) is 3. The van der Waals surface area contributed by atoms with Crippen LogP contribution in [0.2, 0.25) is 5.02 Å². The first kappa shape index (κ1) is 21.4. The van der Waals surface area contributed by atoms with Crippen LogP contribution < -0.4 is 5.32 Å².